The lowest BCUT2D eigenvalue weighted by molar-refractivity contribution is -0.116. The van der Waals surface area contributed by atoms with E-state index in [-0.39, 0.29) is 5.91 Å². The molecule has 2 rings (SSSR count). The van der Waals surface area contributed by atoms with E-state index in [4.69, 9.17) is 4.42 Å². The van der Waals surface area contributed by atoms with Crippen LogP contribution in [-0.2, 0) is 4.79 Å². The standard InChI is InChI=1S/C15H17NO2/c1-3-8-16-15(17)7-6-13-10-12-5-4-11(2)9-14(12)18-13/h4-7,9-10H,3,8H2,1-2H3,(H,16,17)/b7-6+. The normalized spacial score (nSPS) is 11.2. The van der Waals surface area contributed by atoms with Gasteiger partial charge in [0.25, 0.3) is 0 Å². The Morgan fingerprint density at radius 1 is 1.39 bits per heavy atom. The van der Waals surface area contributed by atoms with Gasteiger partial charge in [-0.05, 0) is 37.1 Å². The van der Waals surface area contributed by atoms with Gasteiger partial charge in [0.05, 0.1) is 0 Å². The molecule has 1 heterocycles. The van der Waals surface area contributed by atoms with Crippen LogP contribution in [0.1, 0.15) is 24.7 Å². The summed E-state index contributed by atoms with van der Waals surface area (Å²) in [7, 11) is 0. The fourth-order valence-electron chi connectivity index (χ4n) is 1.71. The van der Waals surface area contributed by atoms with Crippen LogP contribution in [0.5, 0.6) is 0 Å². The zero-order valence-electron chi connectivity index (χ0n) is 10.7. The number of rotatable bonds is 4. The topological polar surface area (TPSA) is 42.2 Å². The molecule has 0 spiro atoms. The summed E-state index contributed by atoms with van der Waals surface area (Å²) in [6.07, 6.45) is 4.13. The first-order chi connectivity index (χ1) is 8.69. The monoisotopic (exact) mass is 243 g/mol. The number of carbonyl (C=O) groups is 1. The lowest BCUT2D eigenvalue weighted by atomic mass is 10.2. The Bertz CT molecular complexity index is 581. The second-order valence-electron chi connectivity index (χ2n) is 4.31. The molecule has 18 heavy (non-hydrogen) atoms. The second kappa shape index (κ2) is 5.54. The zero-order valence-corrected chi connectivity index (χ0v) is 10.7. The number of hydrogen-bond acceptors (Lipinski definition) is 2. The summed E-state index contributed by atoms with van der Waals surface area (Å²) >= 11 is 0. The summed E-state index contributed by atoms with van der Waals surface area (Å²) in [5, 5.41) is 3.83. The molecule has 0 saturated carbocycles. The number of carbonyl (C=O) groups excluding carboxylic acids is 1. The quantitative estimate of drug-likeness (QED) is 0.837. The van der Waals surface area contributed by atoms with Gasteiger partial charge in [-0.2, -0.15) is 0 Å². The minimum Gasteiger partial charge on any atom is -0.457 e. The van der Waals surface area contributed by atoms with Crippen molar-refractivity contribution in [1.29, 1.82) is 0 Å². The second-order valence-corrected chi connectivity index (χ2v) is 4.31. The molecule has 0 fully saturated rings. The molecule has 0 aliphatic heterocycles. The number of benzene rings is 1. The fraction of sp³-hybridized carbons (Fsp3) is 0.267. The molecule has 0 unspecified atom stereocenters. The number of fused-ring (bicyclic) bond motifs is 1. The van der Waals surface area contributed by atoms with Crippen molar-refractivity contribution in [2.45, 2.75) is 20.3 Å². The first-order valence-electron chi connectivity index (χ1n) is 6.15. The van der Waals surface area contributed by atoms with E-state index >= 15 is 0 Å². The summed E-state index contributed by atoms with van der Waals surface area (Å²) in [6.45, 7) is 4.74. The number of aryl methyl sites for hydroxylation is 1. The molecule has 0 radical (unpaired) electrons. The molecule has 1 N–H and O–H groups in total. The molecular weight excluding hydrogens is 226 g/mol. The van der Waals surface area contributed by atoms with Crippen LogP contribution in [-0.4, -0.2) is 12.5 Å². The summed E-state index contributed by atoms with van der Waals surface area (Å²) in [5.41, 5.74) is 2.01. The Balaban J connectivity index is 2.12. The Hall–Kier alpha value is -2.03. The van der Waals surface area contributed by atoms with Gasteiger partial charge in [0, 0.05) is 18.0 Å². The van der Waals surface area contributed by atoms with E-state index in [1.807, 2.05) is 38.1 Å². The van der Waals surface area contributed by atoms with Crippen LogP contribution >= 0.6 is 0 Å². The molecule has 1 aromatic heterocycles. The van der Waals surface area contributed by atoms with Gasteiger partial charge in [-0.15, -0.1) is 0 Å². The fourth-order valence-corrected chi connectivity index (χ4v) is 1.71. The third-order valence-electron chi connectivity index (χ3n) is 2.64. The van der Waals surface area contributed by atoms with Crippen molar-refractivity contribution in [1.82, 2.24) is 5.32 Å². The highest BCUT2D eigenvalue weighted by Crippen LogP contribution is 2.21. The van der Waals surface area contributed by atoms with Crippen molar-refractivity contribution < 1.29 is 9.21 Å². The maximum absolute atomic E-state index is 11.4. The van der Waals surface area contributed by atoms with Crippen LogP contribution in [0.25, 0.3) is 17.0 Å². The number of nitrogens with one attached hydrogen (secondary N) is 1. The maximum atomic E-state index is 11.4. The summed E-state index contributed by atoms with van der Waals surface area (Å²) < 4.78 is 5.64. The van der Waals surface area contributed by atoms with Crippen LogP contribution in [0.4, 0.5) is 0 Å². The van der Waals surface area contributed by atoms with Gasteiger partial charge in [0.15, 0.2) is 0 Å². The first-order valence-corrected chi connectivity index (χ1v) is 6.15. The number of furan rings is 1. The summed E-state index contributed by atoms with van der Waals surface area (Å²) in [4.78, 5) is 11.4. The lowest BCUT2D eigenvalue weighted by Gasteiger charge is -1.96. The molecule has 0 aliphatic carbocycles. The summed E-state index contributed by atoms with van der Waals surface area (Å²) in [5.74, 6) is 0.607. The van der Waals surface area contributed by atoms with Gasteiger partial charge in [0.2, 0.25) is 5.91 Å². The highest BCUT2D eigenvalue weighted by atomic mass is 16.3. The van der Waals surface area contributed by atoms with E-state index in [0.29, 0.717) is 12.3 Å². The molecule has 3 nitrogen and oxygen atoms in total. The molecule has 1 amide bonds. The van der Waals surface area contributed by atoms with Crippen molar-refractivity contribution >= 4 is 23.0 Å². The van der Waals surface area contributed by atoms with Gasteiger partial charge < -0.3 is 9.73 Å². The van der Waals surface area contributed by atoms with Crippen molar-refractivity contribution in [3.63, 3.8) is 0 Å². The van der Waals surface area contributed by atoms with E-state index in [2.05, 4.69) is 5.32 Å². The Kier molecular flexibility index (Phi) is 3.82. The minimum absolute atomic E-state index is 0.0894. The van der Waals surface area contributed by atoms with Gasteiger partial charge in [-0.25, -0.2) is 0 Å². The Morgan fingerprint density at radius 2 is 2.22 bits per heavy atom. The van der Waals surface area contributed by atoms with Crippen LogP contribution in [0.3, 0.4) is 0 Å². The Labute approximate surface area is 106 Å². The van der Waals surface area contributed by atoms with E-state index < -0.39 is 0 Å². The highest BCUT2D eigenvalue weighted by molar-refractivity contribution is 5.92. The lowest BCUT2D eigenvalue weighted by Crippen LogP contribution is -2.21. The van der Waals surface area contributed by atoms with Crippen LogP contribution in [0.15, 0.2) is 34.8 Å². The van der Waals surface area contributed by atoms with E-state index in [1.165, 1.54) is 6.08 Å². The zero-order chi connectivity index (χ0) is 13.0. The Morgan fingerprint density at radius 3 is 3.00 bits per heavy atom. The van der Waals surface area contributed by atoms with Gasteiger partial charge in [-0.3, -0.25) is 4.79 Å². The molecule has 2 aromatic rings. The van der Waals surface area contributed by atoms with Crippen molar-refractivity contribution in [3.8, 4) is 0 Å². The minimum atomic E-state index is -0.0894. The predicted octanol–water partition coefficient (Wildman–Crippen LogP) is 3.28. The molecule has 0 saturated heterocycles. The van der Waals surface area contributed by atoms with Crippen LogP contribution in [0.2, 0.25) is 0 Å². The van der Waals surface area contributed by atoms with Crippen molar-refractivity contribution in [3.05, 3.63) is 41.7 Å². The van der Waals surface area contributed by atoms with Crippen molar-refractivity contribution in [2.24, 2.45) is 0 Å². The average Bonchev–Trinajstić information content (AvgIpc) is 2.75. The number of amides is 1. The smallest absolute Gasteiger partial charge is 0.244 e. The van der Waals surface area contributed by atoms with E-state index in [9.17, 15) is 4.79 Å². The molecule has 94 valence electrons. The maximum Gasteiger partial charge on any atom is 0.244 e. The van der Waals surface area contributed by atoms with Crippen LogP contribution < -0.4 is 5.32 Å². The largest absolute Gasteiger partial charge is 0.457 e. The molecule has 1 aromatic carbocycles. The molecule has 0 bridgehead atoms. The van der Waals surface area contributed by atoms with Gasteiger partial charge in [0.1, 0.15) is 11.3 Å². The number of hydrogen-bond donors (Lipinski definition) is 1. The molecule has 0 aliphatic rings. The molecule has 0 atom stereocenters. The SMILES string of the molecule is CCCNC(=O)/C=C/c1cc2ccc(C)cc2o1. The van der Waals surface area contributed by atoms with Gasteiger partial charge in [-0.1, -0.05) is 19.1 Å². The first kappa shape index (κ1) is 12.4. The molecule has 3 heteroatoms. The molecular formula is C15H17NO2. The van der Waals surface area contributed by atoms with E-state index in [1.54, 1.807) is 6.08 Å². The summed E-state index contributed by atoms with van der Waals surface area (Å²) in [6, 6.07) is 7.98. The van der Waals surface area contributed by atoms with E-state index in [0.717, 1.165) is 23.0 Å². The van der Waals surface area contributed by atoms with Crippen molar-refractivity contribution in [2.75, 3.05) is 6.54 Å². The third kappa shape index (κ3) is 3.00. The third-order valence-corrected chi connectivity index (χ3v) is 2.64. The van der Waals surface area contributed by atoms with Gasteiger partial charge >= 0.3 is 0 Å². The predicted molar refractivity (Wildman–Crippen MR) is 73.3 cm³/mol. The average molecular weight is 243 g/mol. The highest BCUT2D eigenvalue weighted by Gasteiger charge is 2.01. The van der Waals surface area contributed by atoms with Crippen LogP contribution in [0, 0.1) is 6.92 Å².